The maximum absolute atomic E-state index is 10.4. The summed E-state index contributed by atoms with van der Waals surface area (Å²) in [7, 11) is 0. The Morgan fingerprint density at radius 3 is 2.88 bits per heavy atom. The number of allylic oxidation sites excluding steroid dienone is 1. The molecule has 0 unspecified atom stereocenters. The molecule has 0 amide bonds. The van der Waals surface area contributed by atoms with Crippen LogP contribution in [0.15, 0.2) is 24.3 Å². The fraction of sp³-hybridized carbons (Fsp3) is 0.167. The highest BCUT2D eigenvalue weighted by atomic mass is 35.5. The van der Waals surface area contributed by atoms with E-state index in [0.29, 0.717) is 22.8 Å². The minimum Gasteiger partial charge on any atom is -0.481 e. The predicted molar refractivity (Wildman–Crippen MR) is 64.3 cm³/mol. The highest BCUT2D eigenvalue weighted by Gasteiger charge is 2.04. The molecule has 0 aliphatic heterocycles. The summed E-state index contributed by atoms with van der Waals surface area (Å²) in [5.41, 5.74) is 0.678. The van der Waals surface area contributed by atoms with Gasteiger partial charge < -0.3 is 14.6 Å². The number of aldehydes is 1. The van der Waals surface area contributed by atoms with Gasteiger partial charge in [0.25, 0.3) is 0 Å². The van der Waals surface area contributed by atoms with Crippen molar-refractivity contribution in [2.24, 2.45) is 0 Å². The second kappa shape index (κ2) is 6.70. The van der Waals surface area contributed by atoms with Crippen molar-refractivity contribution in [3.63, 3.8) is 0 Å². The third kappa shape index (κ3) is 4.70. The Morgan fingerprint density at radius 1 is 1.47 bits per heavy atom. The number of hydrogen-bond acceptors (Lipinski definition) is 3. The van der Waals surface area contributed by atoms with E-state index >= 15 is 0 Å². The summed E-state index contributed by atoms with van der Waals surface area (Å²) in [6, 6.07) is 4.89. The fourth-order valence-corrected chi connectivity index (χ4v) is 1.32. The molecule has 5 heteroatoms. The molecule has 0 radical (unpaired) electrons. The lowest BCUT2D eigenvalue weighted by Gasteiger charge is -2.07. The SMILES string of the molecule is O=CCC=Cc1ccc(Cl)cc1OCC(=O)O. The molecule has 1 rings (SSSR count). The summed E-state index contributed by atoms with van der Waals surface area (Å²) in [6.45, 7) is -0.436. The van der Waals surface area contributed by atoms with Gasteiger partial charge in [0.1, 0.15) is 12.0 Å². The first-order valence-corrected chi connectivity index (χ1v) is 5.25. The molecule has 1 N–H and O–H groups in total. The largest absolute Gasteiger partial charge is 0.481 e. The van der Waals surface area contributed by atoms with Gasteiger partial charge in [-0.3, -0.25) is 0 Å². The number of carboxylic acids is 1. The molecule has 1 aromatic rings. The van der Waals surface area contributed by atoms with Gasteiger partial charge in [0, 0.05) is 17.0 Å². The molecule has 90 valence electrons. The zero-order valence-corrected chi connectivity index (χ0v) is 9.68. The van der Waals surface area contributed by atoms with Crippen molar-refractivity contribution in [1.82, 2.24) is 0 Å². The Morgan fingerprint density at radius 2 is 2.24 bits per heavy atom. The third-order valence-corrected chi connectivity index (χ3v) is 2.09. The molecule has 0 aliphatic rings. The van der Waals surface area contributed by atoms with Gasteiger partial charge in [0.15, 0.2) is 6.61 Å². The van der Waals surface area contributed by atoms with Crippen molar-refractivity contribution >= 4 is 29.9 Å². The van der Waals surface area contributed by atoms with E-state index in [4.69, 9.17) is 21.4 Å². The van der Waals surface area contributed by atoms with Crippen LogP contribution in [0.2, 0.25) is 5.02 Å². The third-order valence-electron chi connectivity index (χ3n) is 1.86. The number of aliphatic carboxylic acids is 1. The summed E-state index contributed by atoms with van der Waals surface area (Å²) < 4.78 is 5.09. The van der Waals surface area contributed by atoms with Gasteiger partial charge in [-0.25, -0.2) is 4.79 Å². The molecule has 1 aromatic carbocycles. The van der Waals surface area contributed by atoms with Crippen LogP contribution in [0.3, 0.4) is 0 Å². The van der Waals surface area contributed by atoms with Crippen LogP contribution in [0.4, 0.5) is 0 Å². The van der Waals surface area contributed by atoms with Crippen molar-refractivity contribution in [2.45, 2.75) is 6.42 Å². The molecule has 0 fully saturated rings. The monoisotopic (exact) mass is 254 g/mol. The van der Waals surface area contributed by atoms with E-state index in [9.17, 15) is 9.59 Å². The molecule has 0 spiro atoms. The molecule has 0 atom stereocenters. The molecule has 17 heavy (non-hydrogen) atoms. The summed E-state index contributed by atoms with van der Waals surface area (Å²) in [5.74, 6) is -0.685. The van der Waals surface area contributed by atoms with Crippen molar-refractivity contribution in [2.75, 3.05) is 6.61 Å². The normalized spacial score (nSPS) is 10.4. The average Bonchev–Trinajstić information content (AvgIpc) is 2.29. The average molecular weight is 255 g/mol. The van der Waals surface area contributed by atoms with Crippen LogP contribution in [-0.2, 0) is 9.59 Å². The molecule has 0 saturated heterocycles. The first-order chi connectivity index (χ1) is 8.13. The summed E-state index contributed by atoms with van der Waals surface area (Å²) in [6.07, 6.45) is 4.40. The lowest BCUT2D eigenvalue weighted by atomic mass is 10.2. The maximum Gasteiger partial charge on any atom is 0.341 e. The lowest BCUT2D eigenvalue weighted by Crippen LogP contribution is -2.10. The topological polar surface area (TPSA) is 63.6 Å². The number of benzene rings is 1. The van der Waals surface area contributed by atoms with Crippen molar-refractivity contribution in [3.8, 4) is 5.75 Å². The molecule has 0 saturated carbocycles. The Kier molecular flexibility index (Phi) is 5.23. The zero-order valence-electron chi connectivity index (χ0n) is 8.93. The Balaban J connectivity index is 2.86. The summed E-state index contributed by atoms with van der Waals surface area (Å²) >= 11 is 5.79. The number of ether oxygens (including phenoxy) is 1. The second-order valence-electron chi connectivity index (χ2n) is 3.17. The fourth-order valence-electron chi connectivity index (χ4n) is 1.16. The van der Waals surface area contributed by atoms with Crippen molar-refractivity contribution in [3.05, 3.63) is 34.9 Å². The Bertz CT molecular complexity index is 440. The summed E-state index contributed by atoms with van der Waals surface area (Å²) in [4.78, 5) is 20.6. The van der Waals surface area contributed by atoms with Crippen molar-refractivity contribution in [1.29, 1.82) is 0 Å². The van der Waals surface area contributed by atoms with E-state index < -0.39 is 12.6 Å². The summed E-state index contributed by atoms with van der Waals surface area (Å²) in [5, 5.41) is 8.98. The van der Waals surface area contributed by atoms with Gasteiger partial charge >= 0.3 is 5.97 Å². The molecular weight excluding hydrogens is 244 g/mol. The number of halogens is 1. The highest BCUT2D eigenvalue weighted by molar-refractivity contribution is 6.30. The molecular formula is C12H11ClO4. The van der Waals surface area contributed by atoms with Crippen LogP contribution < -0.4 is 4.74 Å². The van der Waals surface area contributed by atoms with E-state index in [-0.39, 0.29) is 0 Å². The van der Waals surface area contributed by atoms with E-state index in [1.807, 2.05) is 0 Å². The molecule has 0 heterocycles. The quantitative estimate of drug-likeness (QED) is 0.792. The smallest absolute Gasteiger partial charge is 0.341 e. The first kappa shape index (κ1) is 13.3. The van der Waals surface area contributed by atoms with Gasteiger partial charge in [-0.15, -0.1) is 0 Å². The van der Waals surface area contributed by atoms with Crippen LogP contribution in [-0.4, -0.2) is 24.0 Å². The number of hydrogen-bond donors (Lipinski definition) is 1. The standard InChI is InChI=1S/C12H11ClO4/c13-10-5-4-9(3-1-2-6-14)11(7-10)17-8-12(15)16/h1,3-7H,2,8H2,(H,15,16). The van der Waals surface area contributed by atoms with Crippen LogP contribution in [0.5, 0.6) is 5.75 Å². The van der Waals surface area contributed by atoms with Crippen LogP contribution in [0.25, 0.3) is 6.08 Å². The van der Waals surface area contributed by atoms with Gasteiger partial charge in [-0.2, -0.15) is 0 Å². The van der Waals surface area contributed by atoms with E-state index in [0.717, 1.165) is 6.29 Å². The van der Waals surface area contributed by atoms with Crippen LogP contribution in [0, 0.1) is 0 Å². The maximum atomic E-state index is 10.4. The Labute approximate surface area is 103 Å². The van der Waals surface area contributed by atoms with Gasteiger partial charge in [-0.05, 0) is 18.2 Å². The number of rotatable bonds is 6. The second-order valence-corrected chi connectivity index (χ2v) is 3.61. The van der Waals surface area contributed by atoms with E-state index in [2.05, 4.69) is 0 Å². The van der Waals surface area contributed by atoms with E-state index in [1.165, 1.54) is 6.07 Å². The molecule has 4 nitrogen and oxygen atoms in total. The van der Waals surface area contributed by atoms with E-state index in [1.54, 1.807) is 24.3 Å². The predicted octanol–water partition coefficient (Wildman–Crippen LogP) is 2.41. The number of carboxylic acid groups (broad SMARTS) is 1. The van der Waals surface area contributed by atoms with Gasteiger partial charge in [0.2, 0.25) is 0 Å². The minimum absolute atomic E-state index is 0.293. The Hall–Kier alpha value is -1.81. The number of carbonyl (C=O) groups is 2. The first-order valence-electron chi connectivity index (χ1n) is 4.88. The highest BCUT2D eigenvalue weighted by Crippen LogP contribution is 2.24. The van der Waals surface area contributed by atoms with Crippen LogP contribution >= 0.6 is 11.6 Å². The van der Waals surface area contributed by atoms with Gasteiger partial charge in [-0.1, -0.05) is 23.8 Å². The lowest BCUT2D eigenvalue weighted by molar-refractivity contribution is -0.139. The molecule has 0 aromatic heterocycles. The zero-order chi connectivity index (χ0) is 12.7. The van der Waals surface area contributed by atoms with Crippen LogP contribution in [0.1, 0.15) is 12.0 Å². The van der Waals surface area contributed by atoms with Crippen molar-refractivity contribution < 1.29 is 19.4 Å². The minimum atomic E-state index is -1.06. The van der Waals surface area contributed by atoms with Gasteiger partial charge in [0.05, 0.1) is 0 Å². The molecule has 0 bridgehead atoms. The number of carbonyl (C=O) groups excluding carboxylic acids is 1. The molecule has 0 aliphatic carbocycles.